The van der Waals surface area contributed by atoms with Gasteiger partial charge in [-0.3, -0.25) is 9.59 Å². The van der Waals surface area contributed by atoms with Crippen molar-refractivity contribution in [2.45, 2.75) is 65.1 Å². The van der Waals surface area contributed by atoms with Gasteiger partial charge < -0.3 is 31.3 Å². The molecule has 2 amide bonds. The molecule has 0 fully saturated rings. The van der Waals surface area contributed by atoms with Crippen molar-refractivity contribution in [3.05, 3.63) is 58.6 Å². The van der Waals surface area contributed by atoms with Gasteiger partial charge >= 0.3 is 5.97 Å². The molecular formula is C28H38ClN3O6. The summed E-state index contributed by atoms with van der Waals surface area (Å²) in [6.45, 7) is 8.10. The molecule has 6 N–H and O–H groups in total. The van der Waals surface area contributed by atoms with E-state index in [2.05, 4.69) is 24.5 Å². The highest BCUT2D eigenvalue weighted by molar-refractivity contribution is 6.31. The largest absolute Gasteiger partial charge is 0.508 e. The topological polar surface area (TPSA) is 151 Å². The standard InChI is InChI=1S/C28H38ClN3O6/c1-16(2)11-20(30)15-38-25-10-7-19(29)14-22(25)26(34)31-23(12-17(3)4)27(35)32-24(28(36)37)13-18-5-8-21(33)9-6-18/h5-10,14,16-17,20,23-24,33H,11-13,15,30H2,1-4H3,(H,31,34)(H,32,35)(H,36,37)/t20-,23+,24+/m1/s1. The Morgan fingerprint density at radius 3 is 2.16 bits per heavy atom. The second-order valence-corrected chi connectivity index (χ2v) is 10.7. The molecule has 0 spiro atoms. The molecule has 2 aromatic rings. The fourth-order valence-electron chi connectivity index (χ4n) is 3.95. The number of phenols is 1. The third-order valence-corrected chi connectivity index (χ3v) is 5.97. The molecular weight excluding hydrogens is 510 g/mol. The Labute approximate surface area is 228 Å². The van der Waals surface area contributed by atoms with Gasteiger partial charge in [-0.15, -0.1) is 0 Å². The van der Waals surface area contributed by atoms with Crippen LogP contribution in [-0.4, -0.2) is 52.7 Å². The zero-order chi connectivity index (χ0) is 28.4. The summed E-state index contributed by atoms with van der Waals surface area (Å²) in [5.74, 6) is -1.67. The lowest BCUT2D eigenvalue weighted by Crippen LogP contribution is -2.52. The van der Waals surface area contributed by atoms with E-state index in [0.29, 0.717) is 16.5 Å². The minimum atomic E-state index is -1.23. The average molecular weight is 548 g/mol. The molecule has 0 unspecified atom stereocenters. The quantitative estimate of drug-likeness (QED) is 0.241. The minimum absolute atomic E-state index is 0.00656. The summed E-state index contributed by atoms with van der Waals surface area (Å²) >= 11 is 6.15. The highest BCUT2D eigenvalue weighted by Gasteiger charge is 2.28. The fourth-order valence-corrected chi connectivity index (χ4v) is 4.13. The Morgan fingerprint density at radius 1 is 0.947 bits per heavy atom. The molecule has 0 radical (unpaired) electrons. The molecule has 3 atom stereocenters. The molecule has 9 nitrogen and oxygen atoms in total. The van der Waals surface area contributed by atoms with Crippen molar-refractivity contribution in [2.75, 3.05) is 6.61 Å². The third-order valence-electron chi connectivity index (χ3n) is 5.73. The molecule has 0 aromatic heterocycles. The number of ether oxygens (including phenoxy) is 1. The number of carboxylic acids is 1. The molecule has 2 rings (SSSR count). The zero-order valence-corrected chi connectivity index (χ0v) is 23.0. The van der Waals surface area contributed by atoms with Gasteiger partial charge in [0, 0.05) is 17.5 Å². The van der Waals surface area contributed by atoms with Crippen LogP contribution in [0, 0.1) is 11.8 Å². The Kier molecular flexibility index (Phi) is 11.9. The summed E-state index contributed by atoms with van der Waals surface area (Å²) in [5.41, 5.74) is 6.89. The first kappa shape index (κ1) is 30.9. The number of amides is 2. The van der Waals surface area contributed by atoms with Crippen LogP contribution in [0.2, 0.25) is 5.02 Å². The number of phenolic OH excluding ortho intramolecular Hbond substituents is 1. The molecule has 38 heavy (non-hydrogen) atoms. The summed E-state index contributed by atoms with van der Waals surface area (Å²) < 4.78 is 5.83. The number of rotatable bonds is 14. The summed E-state index contributed by atoms with van der Waals surface area (Å²) in [6.07, 6.45) is 1.03. The van der Waals surface area contributed by atoms with Gasteiger partial charge in [-0.2, -0.15) is 0 Å². The molecule has 0 saturated heterocycles. The average Bonchev–Trinajstić information content (AvgIpc) is 2.82. The fraction of sp³-hybridized carbons (Fsp3) is 0.464. The molecule has 0 aliphatic heterocycles. The van der Waals surface area contributed by atoms with E-state index in [1.807, 2.05) is 13.8 Å². The van der Waals surface area contributed by atoms with E-state index in [9.17, 15) is 24.6 Å². The number of aliphatic carboxylic acids is 1. The lowest BCUT2D eigenvalue weighted by Gasteiger charge is -2.23. The van der Waals surface area contributed by atoms with Crippen molar-refractivity contribution < 1.29 is 29.3 Å². The second kappa shape index (κ2) is 14.6. The summed E-state index contributed by atoms with van der Waals surface area (Å²) in [6, 6.07) is 8.23. The second-order valence-electron chi connectivity index (χ2n) is 10.3. The number of hydrogen-bond acceptors (Lipinski definition) is 6. The van der Waals surface area contributed by atoms with Gasteiger partial charge in [0.1, 0.15) is 30.2 Å². The van der Waals surface area contributed by atoms with Crippen LogP contribution in [0.1, 0.15) is 56.5 Å². The molecule has 0 heterocycles. The van der Waals surface area contributed by atoms with Crippen molar-refractivity contribution in [3.63, 3.8) is 0 Å². The number of nitrogens with two attached hydrogens (primary N) is 1. The number of carboxylic acid groups (broad SMARTS) is 1. The maximum Gasteiger partial charge on any atom is 0.326 e. The highest BCUT2D eigenvalue weighted by atomic mass is 35.5. The molecule has 0 aliphatic rings. The van der Waals surface area contributed by atoms with Gasteiger partial charge in [0.15, 0.2) is 0 Å². The van der Waals surface area contributed by atoms with Crippen LogP contribution in [0.5, 0.6) is 11.5 Å². The van der Waals surface area contributed by atoms with Crippen LogP contribution in [0.25, 0.3) is 0 Å². The number of hydrogen-bond donors (Lipinski definition) is 5. The SMILES string of the molecule is CC(C)C[C@@H](N)COc1ccc(Cl)cc1C(=O)N[C@@H](CC(C)C)C(=O)N[C@@H](Cc1ccc(O)cc1)C(=O)O. The first-order valence-electron chi connectivity index (χ1n) is 12.7. The van der Waals surface area contributed by atoms with Crippen LogP contribution in [0.15, 0.2) is 42.5 Å². The predicted molar refractivity (Wildman–Crippen MR) is 146 cm³/mol. The van der Waals surface area contributed by atoms with Crippen LogP contribution in [0.4, 0.5) is 0 Å². The Balaban J connectivity index is 2.19. The molecule has 0 aliphatic carbocycles. The molecule has 208 valence electrons. The lowest BCUT2D eigenvalue weighted by molar-refractivity contribution is -0.142. The van der Waals surface area contributed by atoms with E-state index < -0.39 is 29.9 Å². The Morgan fingerprint density at radius 2 is 1.58 bits per heavy atom. The van der Waals surface area contributed by atoms with Crippen molar-refractivity contribution in [1.29, 1.82) is 0 Å². The van der Waals surface area contributed by atoms with Gasteiger partial charge in [0.05, 0.1) is 5.56 Å². The number of nitrogens with one attached hydrogen (secondary N) is 2. The maximum atomic E-state index is 13.3. The van der Waals surface area contributed by atoms with Gasteiger partial charge in [0.25, 0.3) is 5.91 Å². The lowest BCUT2D eigenvalue weighted by atomic mass is 10.0. The van der Waals surface area contributed by atoms with Crippen molar-refractivity contribution in [3.8, 4) is 11.5 Å². The molecule has 2 aromatic carbocycles. The first-order valence-corrected chi connectivity index (χ1v) is 13.0. The normalized spacial score (nSPS) is 13.6. The van der Waals surface area contributed by atoms with Crippen LogP contribution in [0.3, 0.4) is 0 Å². The van der Waals surface area contributed by atoms with Crippen LogP contribution < -0.4 is 21.1 Å². The highest BCUT2D eigenvalue weighted by Crippen LogP contribution is 2.24. The summed E-state index contributed by atoms with van der Waals surface area (Å²) in [4.78, 5) is 38.3. The Hall–Kier alpha value is -3.30. The number of halogens is 1. The van der Waals surface area contributed by atoms with E-state index in [0.717, 1.165) is 6.42 Å². The molecule has 0 saturated carbocycles. The minimum Gasteiger partial charge on any atom is -0.508 e. The van der Waals surface area contributed by atoms with Crippen molar-refractivity contribution >= 4 is 29.4 Å². The molecule has 10 heteroatoms. The number of aromatic hydroxyl groups is 1. The third kappa shape index (κ3) is 10.2. The Bertz CT molecular complexity index is 1090. The maximum absolute atomic E-state index is 13.3. The number of benzene rings is 2. The van der Waals surface area contributed by atoms with Gasteiger partial charge in [-0.25, -0.2) is 4.79 Å². The van der Waals surface area contributed by atoms with Crippen LogP contribution in [-0.2, 0) is 16.0 Å². The summed E-state index contributed by atoms with van der Waals surface area (Å²) in [7, 11) is 0. The zero-order valence-electron chi connectivity index (χ0n) is 22.2. The monoisotopic (exact) mass is 547 g/mol. The summed E-state index contributed by atoms with van der Waals surface area (Å²) in [5, 5.41) is 24.7. The van der Waals surface area contributed by atoms with E-state index in [4.69, 9.17) is 22.1 Å². The number of carbonyl (C=O) groups excluding carboxylic acids is 2. The number of carbonyl (C=O) groups is 3. The van der Waals surface area contributed by atoms with E-state index >= 15 is 0 Å². The van der Waals surface area contributed by atoms with E-state index in [1.165, 1.54) is 18.2 Å². The van der Waals surface area contributed by atoms with Gasteiger partial charge in [0.2, 0.25) is 5.91 Å². The smallest absolute Gasteiger partial charge is 0.326 e. The molecule has 0 bridgehead atoms. The van der Waals surface area contributed by atoms with Gasteiger partial charge in [-0.05, 0) is 60.6 Å². The van der Waals surface area contributed by atoms with E-state index in [-0.39, 0.29) is 48.5 Å². The van der Waals surface area contributed by atoms with Crippen molar-refractivity contribution in [2.24, 2.45) is 17.6 Å². The van der Waals surface area contributed by atoms with E-state index in [1.54, 1.807) is 24.3 Å². The predicted octanol–water partition coefficient (Wildman–Crippen LogP) is 3.75. The first-order chi connectivity index (χ1) is 17.8. The van der Waals surface area contributed by atoms with Crippen LogP contribution >= 0.6 is 11.6 Å². The van der Waals surface area contributed by atoms with Crippen molar-refractivity contribution in [1.82, 2.24) is 10.6 Å². The van der Waals surface area contributed by atoms with Gasteiger partial charge in [-0.1, -0.05) is 51.4 Å².